The van der Waals surface area contributed by atoms with E-state index >= 15 is 0 Å². The van der Waals surface area contributed by atoms with E-state index in [-0.39, 0.29) is 5.91 Å². The maximum absolute atomic E-state index is 11.1. The van der Waals surface area contributed by atoms with Crippen molar-refractivity contribution in [1.82, 2.24) is 5.32 Å². The van der Waals surface area contributed by atoms with Gasteiger partial charge < -0.3 is 20.4 Å². The van der Waals surface area contributed by atoms with Gasteiger partial charge in [0.25, 0.3) is 0 Å². The van der Waals surface area contributed by atoms with Crippen LogP contribution in [0.5, 0.6) is 0 Å². The average molecular weight is 360 g/mol. The molecule has 2 aliphatic heterocycles. The number of anilines is 1. The fourth-order valence-electron chi connectivity index (χ4n) is 2.35. The van der Waals surface area contributed by atoms with Gasteiger partial charge in [-0.15, -0.1) is 5.10 Å². The third kappa shape index (κ3) is 3.73. The smallest absolute Gasteiger partial charge is 0.399 e. The molecule has 1 amide bonds. The Labute approximate surface area is 151 Å². The van der Waals surface area contributed by atoms with Gasteiger partial charge in [-0.1, -0.05) is 23.9 Å². The number of carbonyl (C=O) groups excluding carboxylic acids is 1. The summed E-state index contributed by atoms with van der Waals surface area (Å²) < 4.78 is 12.1. The number of rotatable bonds is 3. The van der Waals surface area contributed by atoms with Crippen LogP contribution < -0.4 is 16.5 Å². The van der Waals surface area contributed by atoms with Crippen LogP contribution in [0.3, 0.4) is 0 Å². The molecule has 9 heteroatoms. The number of nitrogens with two attached hydrogens (primary N) is 1. The predicted molar refractivity (Wildman–Crippen MR) is 102 cm³/mol. The highest BCUT2D eigenvalue weighted by Crippen LogP contribution is 2.36. The predicted octanol–water partition coefficient (Wildman–Crippen LogP) is 1.12. The highest BCUT2D eigenvalue weighted by atomic mass is 32.2. The zero-order valence-corrected chi connectivity index (χ0v) is 15.5. The molecular weight excluding hydrogens is 339 g/mol. The molecule has 2 aliphatic rings. The van der Waals surface area contributed by atoms with Crippen LogP contribution in [0.15, 0.2) is 28.4 Å². The fraction of sp³-hybridized carbons (Fsp3) is 0.438. The molecule has 0 unspecified atom stereocenters. The summed E-state index contributed by atoms with van der Waals surface area (Å²) in [6.45, 7) is 8.04. The van der Waals surface area contributed by atoms with E-state index in [0.717, 1.165) is 5.46 Å². The Morgan fingerprint density at radius 3 is 2.56 bits per heavy atom. The molecule has 0 aliphatic carbocycles. The Bertz CT molecular complexity index is 748. The Hall–Kier alpha value is -1.84. The lowest BCUT2D eigenvalue weighted by Gasteiger charge is -2.32. The standard InChI is InChI=1S/C16H21BN4O3S/c1-15(2)16(3,4)24-17(23-15)11-5-6-12(18)10(7-11)8-19-21-14-20-13(22)9-25-14/h5-8H,9,18H2,1-4H3,(H,20,21,22). The second-order valence-corrected chi connectivity index (χ2v) is 7.93. The van der Waals surface area contributed by atoms with Crippen molar-refractivity contribution >= 4 is 47.3 Å². The van der Waals surface area contributed by atoms with Crippen molar-refractivity contribution in [1.29, 1.82) is 0 Å². The van der Waals surface area contributed by atoms with Crippen LogP contribution in [0.2, 0.25) is 0 Å². The van der Waals surface area contributed by atoms with Crippen LogP contribution in [0.4, 0.5) is 5.69 Å². The zero-order valence-electron chi connectivity index (χ0n) is 14.7. The topological polar surface area (TPSA) is 98.3 Å². The summed E-state index contributed by atoms with van der Waals surface area (Å²) in [6.07, 6.45) is 1.56. The first kappa shape index (κ1) is 18.0. The van der Waals surface area contributed by atoms with Crippen molar-refractivity contribution in [2.24, 2.45) is 10.2 Å². The second-order valence-electron chi connectivity index (χ2n) is 6.96. The summed E-state index contributed by atoms with van der Waals surface area (Å²) in [5.41, 5.74) is 7.36. The molecule has 7 nitrogen and oxygen atoms in total. The van der Waals surface area contributed by atoms with Crippen molar-refractivity contribution in [2.75, 3.05) is 11.5 Å². The first-order chi connectivity index (χ1) is 11.7. The molecule has 1 aromatic carbocycles. The highest BCUT2D eigenvalue weighted by molar-refractivity contribution is 8.15. The van der Waals surface area contributed by atoms with Gasteiger partial charge in [-0.3, -0.25) is 4.79 Å². The lowest BCUT2D eigenvalue weighted by Crippen LogP contribution is -2.41. The zero-order chi connectivity index (χ0) is 18.2. The number of carbonyl (C=O) groups is 1. The van der Waals surface area contributed by atoms with Gasteiger partial charge in [-0.25, -0.2) is 0 Å². The van der Waals surface area contributed by atoms with Gasteiger partial charge in [0.1, 0.15) is 0 Å². The van der Waals surface area contributed by atoms with Crippen LogP contribution in [-0.4, -0.2) is 41.4 Å². The van der Waals surface area contributed by atoms with Crippen LogP contribution in [0.25, 0.3) is 0 Å². The average Bonchev–Trinajstić information content (AvgIpc) is 3.02. The number of amides is 1. The number of thioether (sulfide) groups is 1. The Balaban J connectivity index is 1.79. The summed E-state index contributed by atoms with van der Waals surface area (Å²) in [5, 5.41) is 11.1. The van der Waals surface area contributed by atoms with E-state index in [2.05, 4.69) is 15.5 Å². The van der Waals surface area contributed by atoms with E-state index in [1.54, 1.807) is 12.3 Å². The summed E-state index contributed by atoms with van der Waals surface area (Å²) in [4.78, 5) is 11.1. The number of nitrogen functional groups attached to an aromatic ring is 1. The van der Waals surface area contributed by atoms with E-state index < -0.39 is 18.3 Å². The minimum absolute atomic E-state index is 0.0683. The lowest BCUT2D eigenvalue weighted by molar-refractivity contribution is -0.116. The molecule has 0 radical (unpaired) electrons. The Morgan fingerprint density at radius 2 is 1.96 bits per heavy atom. The number of hydrogen-bond donors (Lipinski definition) is 2. The van der Waals surface area contributed by atoms with Gasteiger partial charge in [-0.05, 0) is 39.2 Å². The molecule has 1 aromatic rings. The largest absolute Gasteiger partial charge is 0.494 e. The summed E-state index contributed by atoms with van der Waals surface area (Å²) in [5.74, 6) is 0.301. The molecular formula is C16H21BN4O3S. The number of amidine groups is 1. The Morgan fingerprint density at radius 1 is 1.28 bits per heavy atom. The molecule has 3 rings (SSSR count). The van der Waals surface area contributed by atoms with E-state index in [4.69, 9.17) is 15.0 Å². The molecule has 132 valence electrons. The van der Waals surface area contributed by atoms with Crippen molar-refractivity contribution in [3.05, 3.63) is 23.8 Å². The molecule has 0 saturated carbocycles. The van der Waals surface area contributed by atoms with Gasteiger partial charge in [-0.2, -0.15) is 5.10 Å². The maximum Gasteiger partial charge on any atom is 0.494 e. The molecule has 0 bridgehead atoms. The second kappa shape index (κ2) is 6.47. The van der Waals surface area contributed by atoms with Crippen molar-refractivity contribution < 1.29 is 14.1 Å². The molecule has 25 heavy (non-hydrogen) atoms. The fourth-order valence-corrected chi connectivity index (χ4v) is 2.98. The van der Waals surface area contributed by atoms with Crippen LogP contribution in [-0.2, 0) is 14.1 Å². The molecule has 2 fully saturated rings. The van der Waals surface area contributed by atoms with Crippen molar-refractivity contribution in [2.45, 2.75) is 38.9 Å². The van der Waals surface area contributed by atoms with Gasteiger partial charge in [0.05, 0.1) is 23.2 Å². The van der Waals surface area contributed by atoms with E-state index in [9.17, 15) is 4.79 Å². The number of nitrogens with one attached hydrogen (secondary N) is 1. The van der Waals surface area contributed by atoms with Crippen molar-refractivity contribution in [3.8, 4) is 0 Å². The van der Waals surface area contributed by atoms with E-state index in [1.807, 2.05) is 39.8 Å². The lowest BCUT2D eigenvalue weighted by atomic mass is 9.78. The third-order valence-electron chi connectivity index (χ3n) is 4.57. The Kier molecular flexibility index (Phi) is 4.65. The SMILES string of the molecule is CC1(C)OB(c2ccc(N)c(C=NN=C3NC(=O)CS3)c2)OC1(C)C. The number of benzene rings is 1. The molecule has 2 saturated heterocycles. The molecule has 0 aromatic heterocycles. The molecule has 2 heterocycles. The third-order valence-corrected chi connectivity index (χ3v) is 5.43. The molecule has 0 atom stereocenters. The summed E-state index contributed by atoms with van der Waals surface area (Å²) >= 11 is 1.32. The monoisotopic (exact) mass is 360 g/mol. The first-order valence-electron chi connectivity index (χ1n) is 7.97. The van der Waals surface area contributed by atoms with Crippen LogP contribution in [0.1, 0.15) is 33.3 Å². The van der Waals surface area contributed by atoms with E-state index in [0.29, 0.717) is 22.2 Å². The van der Waals surface area contributed by atoms with Crippen LogP contribution in [0, 0.1) is 0 Å². The van der Waals surface area contributed by atoms with Gasteiger partial charge in [0.15, 0.2) is 5.17 Å². The molecule has 3 N–H and O–H groups in total. The minimum Gasteiger partial charge on any atom is -0.399 e. The van der Waals surface area contributed by atoms with Crippen LogP contribution >= 0.6 is 11.8 Å². The quantitative estimate of drug-likeness (QED) is 0.364. The first-order valence-corrected chi connectivity index (χ1v) is 8.95. The molecule has 0 spiro atoms. The highest BCUT2D eigenvalue weighted by Gasteiger charge is 2.51. The minimum atomic E-state index is -0.464. The summed E-state index contributed by atoms with van der Waals surface area (Å²) in [7, 11) is -0.464. The van der Waals surface area contributed by atoms with Gasteiger partial charge in [0, 0.05) is 11.3 Å². The van der Waals surface area contributed by atoms with E-state index in [1.165, 1.54) is 11.8 Å². The summed E-state index contributed by atoms with van der Waals surface area (Å²) in [6, 6.07) is 5.55. The number of hydrogen-bond acceptors (Lipinski definition) is 7. The van der Waals surface area contributed by atoms with Gasteiger partial charge in [0.2, 0.25) is 5.91 Å². The van der Waals surface area contributed by atoms with Crippen molar-refractivity contribution in [3.63, 3.8) is 0 Å². The normalized spacial score (nSPS) is 23.6. The van der Waals surface area contributed by atoms with Gasteiger partial charge >= 0.3 is 7.12 Å². The number of nitrogens with zero attached hydrogens (tertiary/aromatic N) is 2. The maximum atomic E-state index is 11.1.